The van der Waals surface area contributed by atoms with Gasteiger partial charge in [0.05, 0.1) is 10.2 Å². The van der Waals surface area contributed by atoms with Crippen LogP contribution in [0.4, 0.5) is 0 Å². The molecule has 1 aliphatic heterocycles. The Morgan fingerprint density at radius 3 is 2.71 bits per heavy atom. The number of aromatic nitrogens is 2. The number of ether oxygens (including phenoxy) is 2. The molecule has 1 aromatic rings. The minimum absolute atomic E-state index is 0.0277. The molecule has 1 N–H and O–H groups in total. The lowest BCUT2D eigenvalue weighted by atomic mass is 10.2. The van der Waals surface area contributed by atoms with Gasteiger partial charge in [0.1, 0.15) is 35.9 Å². The predicted octanol–water partition coefficient (Wildman–Crippen LogP) is 1.42. The Kier molecular flexibility index (Phi) is 6.57. The molecular formula is C15H24IN2O5S+. The van der Waals surface area contributed by atoms with Crippen molar-refractivity contribution in [2.45, 2.75) is 50.4 Å². The van der Waals surface area contributed by atoms with E-state index in [2.05, 4.69) is 32.0 Å². The summed E-state index contributed by atoms with van der Waals surface area (Å²) in [5.41, 5.74) is -0.868. The van der Waals surface area contributed by atoms with Crippen molar-refractivity contribution in [2.24, 2.45) is 0 Å². The van der Waals surface area contributed by atoms with Crippen molar-refractivity contribution in [1.29, 1.82) is 0 Å². The van der Waals surface area contributed by atoms with Crippen LogP contribution in [0.2, 0.25) is 0 Å². The Morgan fingerprint density at radius 2 is 2.12 bits per heavy atom. The Hall–Kier alpha value is -0.360. The highest BCUT2D eigenvalue weighted by Crippen LogP contribution is 2.33. The Labute approximate surface area is 157 Å². The zero-order valence-corrected chi connectivity index (χ0v) is 17.5. The molecule has 1 aliphatic rings. The molecule has 1 saturated heterocycles. The second-order valence-electron chi connectivity index (χ2n) is 6.66. The lowest BCUT2D eigenvalue weighted by molar-refractivity contribution is -0.0497. The van der Waals surface area contributed by atoms with Crippen molar-refractivity contribution in [3.63, 3.8) is 0 Å². The fraction of sp³-hybridized carbons (Fsp3) is 0.733. The van der Waals surface area contributed by atoms with Gasteiger partial charge in [0.2, 0.25) is 0 Å². The summed E-state index contributed by atoms with van der Waals surface area (Å²) in [6.45, 7) is 6.77. The fourth-order valence-corrected chi connectivity index (χ4v) is 3.59. The van der Waals surface area contributed by atoms with E-state index in [1.165, 1.54) is 10.8 Å². The monoisotopic (exact) mass is 471 g/mol. The smallest absolute Gasteiger partial charge is 0.330 e. The molecule has 2 heterocycles. The first-order valence-electron chi connectivity index (χ1n) is 7.62. The molecule has 0 bridgehead atoms. The number of H-pyrrole nitrogens is 1. The van der Waals surface area contributed by atoms with Crippen molar-refractivity contribution in [3.8, 4) is 0 Å². The van der Waals surface area contributed by atoms with E-state index in [-0.39, 0.29) is 33.7 Å². The summed E-state index contributed by atoms with van der Waals surface area (Å²) < 4.78 is 19.3. The third-order valence-electron chi connectivity index (χ3n) is 3.88. The molecule has 136 valence electrons. The molecule has 4 atom stereocenters. The molecule has 0 aliphatic carbocycles. The molecule has 0 aromatic carbocycles. The van der Waals surface area contributed by atoms with E-state index in [4.69, 9.17) is 13.7 Å². The summed E-state index contributed by atoms with van der Waals surface area (Å²) in [4.78, 5) is 25.9. The number of hydrogen-bond acceptors (Lipinski definition) is 5. The molecule has 7 nitrogen and oxygen atoms in total. The molecule has 1 fully saturated rings. The molecular weight excluding hydrogens is 447 g/mol. The maximum Gasteiger partial charge on any atom is 0.330 e. The summed E-state index contributed by atoms with van der Waals surface area (Å²) in [5.74, 6) is 0. The maximum absolute atomic E-state index is 12.1. The zero-order chi connectivity index (χ0) is 18.1. The summed E-state index contributed by atoms with van der Waals surface area (Å²) >= 11 is 1.63. The van der Waals surface area contributed by atoms with E-state index in [0.717, 1.165) is 0 Å². The van der Waals surface area contributed by atoms with Gasteiger partial charge in [-0.3, -0.25) is 14.3 Å². The van der Waals surface area contributed by atoms with Crippen LogP contribution in [0.3, 0.4) is 0 Å². The first-order valence-corrected chi connectivity index (χ1v) is 10.3. The van der Waals surface area contributed by atoms with Gasteiger partial charge in [0, 0.05) is 19.7 Å². The first kappa shape index (κ1) is 20.0. The predicted molar refractivity (Wildman–Crippen MR) is 102 cm³/mol. The largest absolute Gasteiger partial charge is 0.382 e. The second-order valence-corrected chi connectivity index (χ2v) is 10.2. The number of hydrogen-bond donors (Lipinski definition) is 1. The summed E-state index contributed by atoms with van der Waals surface area (Å²) in [6, 6.07) is 0. The van der Waals surface area contributed by atoms with Crippen LogP contribution >= 0.6 is 22.6 Å². The molecule has 9 heteroatoms. The molecule has 1 aromatic heterocycles. The van der Waals surface area contributed by atoms with Gasteiger partial charge < -0.3 is 9.47 Å². The van der Waals surface area contributed by atoms with Crippen LogP contribution in [0, 0.1) is 3.57 Å². The molecule has 2 rings (SSSR count). The SMILES string of the molecule is COCC1OC(n2cc(I)c(=O)[nH]c2=O)CC1O[S+](C)C(C)(C)C. The van der Waals surface area contributed by atoms with Crippen molar-refractivity contribution >= 4 is 33.8 Å². The van der Waals surface area contributed by atoms with Crippen LogP contribution in [-0.2, 0) is 24.8 Å². The topological polar surface area (TPSA) is 82.5 Å². The van der Waals surface area contributed by atoms with Crippen LogP contribution in [0.5, 0.6) is 0 Å². The van der Waals surface area contributed by atoms with Gasteiger partial charge in [-0.2, -0.15) is 4.18 Å². The number of rotatable bonds is 5. The highest BCUT2D eigenvalue weighted by molar-refractivity contribution is 14.1. The van der Waals surface area contributed by atoms with E-state index in [0.29, 0.717) is 16.6 Å². The second kappa shape index (κ2) is 7.90. The number of aromatic amines is 1. The lowest BCUT2D eigenvalue weighted by Gasteiger charge is -2.21. The van der Waals surface area contributed by atoms with Crippen molar-refractivity contribution in [1.82, 2.24) is 9.55 Å². The van der Waals surface area contributed by atoms with Crippen LogP contribution in [0.25, 0.3) is 0 Å². The quantitative estimate of drug-likeness (QED) is 0.519. The highest BCUT2D eigenvalue weighted by Gasteiger charge is 2.44. The van der Waals surface area contributed by atoms with Gasteiger partial charge in [-0.1, -0.05) is 0 Å². The molecule has 0 radical (unpaired) electrons. The van der Waals surface area contributed by atoms with E-state index in [1.807, 2.05) is 22.6 Å². The summed E-state index contributed by atoms with van der Waals surface area (Å²) in [7, 11) is 1.61. The van der Waals surface area contributed by atoms with Crippen LogP contribution in [0.1, 0.15) is 33.4 Å². The molecule has 24 heavy (non-hydrogen) atoms. The Balaban J connectivity index is 2.22. The van der Waals surface area contributed by atoms with Gasteiger partial charge >= 0.3 is 5.69 Å². The Bertz CT molecular complexity index is 684. The minimum atomic E-state index is -0.481. The van der Waals surface area contributed by atoms with Gasteiger partial charge in [-0.05, 0) is 43.4 Å². The molecule has 0 amide bonds. The van der Waals surface area contributed by atoms with E-state index >= 15 is 0 Å². The average Bonchev–Trinajstić information content (AvgIpc) is 2.85. The van der Waals surface area contributed by atoms with Crippen molar-refractivity contribution in [2.75, 3.05) is 20.0 Å². The van der Waals surface area contributed by atoms with Gasteiger partial charge in [-0.25, -0.2) is 4.79 Å². The van der Waals surface area contributed by atoms with Crippen LogP contribution in [-0.4, -0.2) is 46.5 Å². The number of halogens is 1. The number of nitrogens with one attached hydrogen (secondary N) is 1. The minimum Gasteiger partial charge on any atom is -0.382 e. The molecule has 0 saturated carbocycles. The number of nitrogens with zero attached hydrogens (tertiary/aromatic N) is 1. The van der Waals surface area contributed by atoms with Crippen LogP contribution < -0.4 is 11.2 Å². The third-order valence-corrected chi connectivity index (χ3v) is 6.91. The number of methoxy groups -OCH3 is 1. The van der Waals surface area contributed by atoms with Gasteiger partial charge in [-0.15, -0.1) is 0 Å². The standard InChI is InChI=1S/C15H23IN2O5S/c1-15(2,3)24(5)23-10-6-12(22-11(10)8-21-4)18-7-9(16)13(19)17-14(18)20/h7,10-12H,6,8H2,1-5H3/p+1. The molecule has 4 unspecified atom stereocenters. The third kappa shape index (κ3) is 4.63. The zero-order valence-electron chi connectivity index (χ0n) is 14.5. The van der Waals surface area contributed by atoms with Crippen molar-refractivity contribution in [3.05, 3.63) is 30.6 Å². The van der Waals surface area contributed by atoms with E-state index < -0.39 is 11.9 Å². The fourth-order valence-electron chi connectivity index (χ4n) is 2.29. The van der Waals surface area contributed by atoms with E-state index in [1.54, 1.807) is 7.11 Å². The van der Waals surface area contributed by atoms with E-state index in [9.17, 15) is 9.59 Å². The first-order chi connectivity index (χ1) is 11.1. The lowest BCUT2D eigenvalue weighted by Crippen LogP contribution is -2.37. The summed E-state index contributed by atoms with van der Waals surface area (Å²) in [5, 5.41) is 0. The Morgan fingerprint density at radius 1 is 1.46 bits per heavy atom. The van der Waals surface area contributed by atoms with Crippen molar-refractivity contribution < 1.29 is 13.7 Å². The van der Waals surface area contributed by atoms with Gasteiger partial charge in [0.25, 0.3) is 5.56 Å². The molecule has 0 spiro atoms. The van der Waals surface area contributed by atoms with Gasteiger partial charge in [0.15, 0.2) is 4.75 Å². The maximum atomic E-state index is 12.1. The normalized spacial score (nSPS) is 25.8. The van der Waals surface area contributed by atoms with Crippen LogP contribution in [0.15, 0.2) is 15.8 Å². The average molecular weight is 471 g/mol. The highest BCUT2D eigenvalue weighted by atomic mass is 127. The summed E-state index contributed by atoms with van der Waals surface area (Å²) in [6.07, 6.45) is 3.21.